The van der Waals surface area contributed by atoms with Gasteiger partial charge in [-0.2, -0.15) is 15.2 Å². The van der Waals surface area contributed by atoms with Crippen molar-refractivity contribution in [3.8, 4) is 29.0 Å². The van der Waals surface area contributed by atoms with Crippen LogP contribution in [0.3, 0.4) is 0 Å². The van der Waals surface area contributed by atoms with Gasteiger partial charge in [0, 0.05) is 17.5 Å². The van der Waals surface area contributed by atoms with Crippen LogP contribution in [-0.4, -0.2) is 65.2 Å². The standard InChI is InChI=1S/C34H33ClF4N6O2S/c1-16-11-34(9-4-10-44(34)13-16)15-46-33-42-28-25-29(47-21-6-3-2-5-20(21)45(14-22(37)38)32(25)43-33)26(35)24(27(28)39)17-7-8-19(36)30-23(17)18(12-40)31(41)48-30/h7-8,16,20-22H,2-6,9-11,13-15,41H2,1H3/t16-,20?,21?,34+/m1/s1. The molecule has 2 unspecified atom stereocenters. The molecule has 48 heavy (non-hydrogen) atoms. The maximum Gasteiger partial charge on any atom is 0.319 e. The molecule has 0 amide bonds. The minimum Gasteiger partial charge on any atom is -0.486 e. The van der Waals surface area contributed by atoms with Crippen molar-refractivity contribution in [2.75, 3.05) is 36.9 Å². The quantitative estimate of drug-likeness (QED) is 0.203. The molecule has 2 saturated heterocycles. The lowest BCUT2D eigenvalue weighted by molar-refractivity contribution is 0.106. The van der Waals surface area contributed by atoms with Crippen LogP contribution in [-0.2, 0) is 0 Å². The van der Waals surface area contributed by atoms with Gasteiger partial charge in [-0.05, 0) is 62.6 Å². The van der Waals surface area contributed by atoms with Crippen molar-refractivity contribution in [1.82, 2.24) is 14.9 Å². The van der Waals surface area contributed by atoms with Crippen LogP contribution in [0.4, 0.5) is 28.4 Å². The molecule has 3 aliphatic heterocycles. The van der Waals surface area contributed by atoms with Crippen LogP contribution in [0.25, 0.3) is 32.1 Å². The summed E-state index contributed by atoms with van der Waals surface area (Å²) in [6.45, 7) is 3.75. The molecule has 252 valence electrons. The summed E-state index contributed by atoms with van der Waals surface area (Å²) in [5.74, 6) is -0.889. The summed E-state index contributed by atoms with van der Waals surface area (Å²) in [6, 6.07) is 3.93. The number of hydrogen-bond acceptors (Lipinski definition) is 9. The first-order valence-corrected chi connectivity index (χ1v) is 17.5. The highest BCUT2D eigenvalue weighted by Crippen LogP contribution is 2.52. The lowest BCUT2D eigenvalue weighted by Crippen LogP contribution is -2.49. The molecule has 8 rings (SSSR count). The van der Waals surface area contributed by atoms with E-state index in [2.05, 4.69) is 16.8 Å². The number of thiophene rings is 1. The molecule has 3 fully saturated rings. The van der Waals surface area contributed by atoms with Gasteiger partial charge in [0.2, 0.25) is 0 Å². The van der Waals surface area contributed by atoms with Gasteiger partial charge in [0.1, 0.15) is 40.9 Å². The maximum absolute atomic E-state index is 17.2. The number of nitrogen functional groups attached to an aromatic ring is 1. The van der Waals surface area contributed by atoms with Crippen molar-refractivity contribution >= 4 is 54.7 Å². The Morgan fingerprint density at radius 3 is 2.81 bits per heavy atom. The van der Waals surface area contributed by atoms with E-state index in [1.807, 2.05) is 6.07 Å². The lowest BCUT2D eigenvalue weighted by Gasteiger charge is -2.38. The van der Waals surface area contributed by atoms with Crippen LogP contribution < -0.4 is 20.1 Å². The van der Waals surface area contributed by atoms with Crippen LogP contribution in [0, 0.1) is 28.9 Å². The second-order valence-electron chi connectivity index (χ2n) is 13.6. The average Bonchev–Trinajstić information content (AvgIpc) is 3.68. The summed E-state index contributed by atoms with van der Waals surface area (Å²) in [6.07, 6.45) is 2.40. The molecule has 1 aliphatic carbocycles. The third-order valence-corrected chi connectivity index (χ3v) is 11.9. The summed E-state index contributed by atoms with van der Waals surface area (Å²) in [5.41, 5.74) is 5.66. The largest absolute Gasteiger partial charge is 0.486 e. The van der Waals surface area contributed by atoms with Crippen LogP contribution >= 0.6 is 22.9 Å². The maximum atomic E-state index is 17.2. The fourth-order valence-electron chi connectivity index (χ4n) is 8.63. The number of rotatable bonds is 6. The summed E-state index contributed by atoms with van der Waals surface area (Å²) >= 11 is 7.95. The molecule has 14 heteroatoms. The van der Waals surface area contributed by atoms with E-state index < -0.39 is 36.8 Å². The molecule has 4 atom stereocenters. The van der Waals surface area contributed by atoms with Gasteiger partial charge in [-0.3, -0.25) is 4.90 Å². The van der Waals surface area contributed by atoms with E-state index >= 15 is 8.78 Å². The van der Waals surface area contributed by atoms with Crippen LogP contribution in [0.5, 0.6) is 11.8 Å². The third kappa shape index (κ3) is 4.85. The highest BCUT2D eigenvalue weighted by atomic mass is 35.5. The van der Waals surface area contributed by atoms with Crippen LogP contribution in [0.1, 0.15) is 57.4 Å². The predicted molar refractivity (Wildman–Crippen MR) is 177 cm³/mol. The molecule has 0 spiro atoms. The molecular weight excluding hydrogens is 668 g/mol. The minimum atomic E-state index is -2.71. The van der Waals surface area contributed by atoms with Crippen molar-refractivity contribution in [2.45, 2.75) is 76.0 Å². The van der Waals surface area contributed by atoms with Gasteiger partial charge in [0.25, 0.3) is 6.43 Å². The van der Waals surface area contributed by atoms with Crippen molar-refractivity contribution < 1.29 is 27.0 Å². The fourth-order valence-corrected chi connectivity index (χ4v) is 9.91. The van der Waals surface area contributed by atoms with E-state index in [1.54, 1.807) is 0 Å². The predicted octanol–water partition coefficient (Wildman–Crippen LogP) is 7.93. The number of anilines is 2. The molecule has 0 bridgehead atoms. The number of nitrogens with zero attached hydrogens (tertiary/aromatic N) is 5. The Morgan fingerprint density at radius 2 is 2.02 bits per heavy atom. The van der Waals surface area contributed by atoms with Crippen LogP contribution in [0.2, 0.25) is 5.02 Å². The zero-order valence-electron chi connectivity index (χ0n) is 26.2. The Balaban J connectivity index is 1.37. The summed E-state index contributed by atoms with van der Waals surface area (Å²) in [7, 11) is 0. The van der Waals surface area contributed by atoms with Gasteiger partial charge in [0.15, 0.2) is 11.6 Å². The van der Waals surface area contributed by atoms with Crippen LogP contribution in [0.15, 0.2) is 12.1 Å². The number of alkyl halides is 2. The van der Waals surface area contributed by atoms with Crippen molar-refractivity contribution in [3.63, 3.8) is 0 Å². The SMILES string of the molecule is C[C@H]1CN2CCC[C@@]2(COc2nc3c4c(c(Cl)c(-c5ccc(F)c6sc(N)c(C#N)c56)c(F)c4n2)OC2CCCCC2N3CC(F)F)C1. The number of nitrogens with two attached hydrogens (primary N) is 1. The Labute approximate surface area is 283 Å². The summed E-state index contributed by atoms with van der Waals surface area (Å²) in [5, 5.41) is 10.1. The number of ether oxygens (including phenoxy) is 2. The highest BCUT2D eigenvalue weighted by Gasteiger charge is 2.48. The average molecular weight is 701 g/mol. The molecule has 8 nitrogen and oxygen atoms in total. The molecule has 2 N–H and O–H groups in total. The van der Waals surface area contributed by atoms with Crippen molar-refractivity contribution in [1.29, 1.82) is 5.26 Å². The molecule has 0 radical (unpaired) electrons. The monoisotopic (exact) mass is 700 g/mol. The van der Waals surface area contributed by atoms with Crippen molar-refractivity contribution in [2.24, 2.45) is 5.92 Å². The smallest absolute Gasteiger partial charge is 0.319 e. The molecule has 2 aromatic heterocycles. The van der Waals surface area contributed by atoms with E-state index in [0.717, 1.165) is 56.5 Å². The first-order chi connectivity index (χ1) is 23.1. The van der Waals surface area contributed by atoms with Gasteiger partial charge in [-0.1, -0.05) is 31.0 Å². The number of nitriles is 1. The Kier molecular flexibility index (Phi) is 7.77. The van der Waals surface area contributed by atoms with Gasteiger partial charge >= 0.3 is 6.01 Å². The Morgan fingerprint density at radius 1 is 1.21 bits per heavy atom. The topological polar surface area (TPSA) is 101 Å². The van der Waals surface area contributed by atoms with E-state index in [4.69, 9.17) is 31.8 Å². The molecule has 5 heterocycles. The first-order valence-electron chi connectivity index (χ1n) is 16.3. The fraction of sp³-hybridized carbons (Fsp3) is 0.500. The van der Waals surface area contributed by atoms with E-state index in [0.29, 0.717) is 18.8 Å². The zero-order valence-corrected chi connectivity index (χ0v) is 27.7. The number of benzene rings is 2. The summed E-state index contributed by atoms with van der Waals surface area (Å²) < 4.78 is 73.8. The third-order valence-electron chi connectivity index (χ3n) is 10.6. The number of fused-ring (bicyclic) bond motifs is 3. The highest BCUT2D eigenvalue weighted by molar-refractivity contribution is 7.23. The number of hydrogen-bond donors (Lipinski definition) is 1. The first kappa shape index (κ1) is 31.7. The van der Waals surface area contributed by atoms with Crippen molar-refractivity contribution in [3.05, 3.63) is 34.4 Å². The normalized spacial score (nSPS) is 25.3. The number of halogens is 5. The molecule has 2 aromatic carbocycles. The van der Waals surface area contributed by atoms with E-state index in [1.165, 1.54) is 17.0 Å². The number of aromatic nitrogens is 2. The second kappa shape index (κ2) is 11.8. The van der Waals surface area contributed by atoms with Gasteiger partial charge in [-0.15, -0.1) is 11.3 Å². The van der Waals surface area contributed by atoms with E-state index in [9.17, 15) is 14.0 Å². The molecule has 4 aromatic rings. The van der Waals surface area contributed by atoms with Gasteiger partial charge < -0.3 is 20.1 Å². The second-order valence-corrected chi connectivity index (χ2v) is 15.0. The molecule has 4 aliphatic rings. The molecule has 1 saturated carbocycles. The van der Waals surface area contributed by atoms with E-state index in [-0.39, 0.29) is 77.4 Å². The Bertz CT molecular complexity index is 2000. The Hall–Kier alpha value is -3.60. The summed E-state index contributed by atoms with van der Waals surface area (Å²) in [4.78, 5) is 13.2. The van der Waals surface area contributed by atoms with Gasteiger partial charge in [-0.25, -0.2) is 17.6 Å². The zero-order chi connectivity index (χ0) is 33.5. The molecular formula is C34H33ClF4N6O2S. The minimum absolute atomic E-state index is 0.000802. The van der Waals surface area contributed by atoms with Gasteiger partial charge in [0.05, 0.1) is 38.8 Å². The lowest BCUT2D eigenvalue weighted by atomic mass is 9.91.